The molecule has 1 unspecified atom stereocenters. The van der Waals surface area contributed by atoms with E-state index < -0.39 is 45.0 Å². The van der Waals surface area contributed by atoms with Crippen LogP contribution in [0.3, 0.4) is 0 Å². The summed E-state index contributed by atoms with van der Waals surface area (Å²) in [5.74, 6) is -1.29. The van der Waals surface area contributed by atoms with Crippen LogP contribution in [0.5, 0.6) is 0 Å². The van der Waals surface area contributed by atoms with Crippen LogP contribution >= 0.6 is 0 Å². The molecule has 0 bridgehead atoms. The predicted octanol–water partition coefficient (Wildman–Crippen LogP) is 1.19. The maximum atomic E-state index is 10.3. The van der Waals surface area contributed by atoms with Gasteiger partial charge in [-0.1, -0.05) is 20.8 Å². The normalized spacial score (nSPS) is 41.9. The number of hydrogen-bond acceptors (Lipinski definition) is 7. The predicted molar refractivity (Wildman–Crippen MR) is 85.2 cm³/mol. The van der Waals surface area contributed by atoms with Gasteiger partial charge in [0.2, 0.25) is 0 Å². The molecule has 0 aromatic rings. The molecular formula is C15H30O7Si. The highest BCUT2D eigenvalue weighted by atomic mass is 28.4. The van der Waals surface area contributed by atoms with Crippen LogP contribution in [0, 0.1) is 0 Å². The summed E-state index contributed by atoms with van der Waals surface area (Å²) < 4.78 is 28.1. The molecular weight excluding hydrogens is 320 g/mol. The van der Waals surface area contributed by atoms with E-state index >= 15 is 0 Å². The maximum absolute atomic E-state index is 10.3. The first-order valence-corrected chi connectivity index (χ1v) is 10.9. The van der Waals surface area contributed by atoms with Crippen molar-refractivity contribution >= 4 is 8.32 Å². The van der Waals surface area contributed by atoms with Gasteiger partial charge < -0.3 is 28.8 Å². The first-order valence-electron chi connectivity index (χ1n) is 7.96. The second-order valence-electron chi connectivity index (χ2n) is 7.86. The Hall–Kier alpha value is -0.0631. The SMILES string of the molecule is COC1(C)O[C@@H]2O[C@H](CO[Si](C)(C)C(C)(C)C)[C@@H](O)[C@H](O)[C@@H]2O1. The summed E-state index contributed by atoms with van der Waals surface area (Å²) >= 11 is 0. The highest BCUT2D eigenvalue weighted by Gasteiger charge is 2.56. The Labute approximate surface area is 138 Å². The molecule has 2 rings (SSSR count). The van der Waals surface area contributed by atoms with E-state index in [9.17, 15) is 10.2 Å². The third-order valence-electron chi connectivity index (χ3n) is 5.11. The van der Waals surface area contributed by atoms with E-state index in [1.54, 1.807) is 6.92 Å². The van der Waals surface area contributed by atoms with E-state index in [4.69, 9.17) is 23.4 Å². The molecule has 23 heavy (non-hydrogen) atoms. The van der Waals surface area contributed by atoms with Gasteiger partial charge in [0.25, 0.3) is 5.97 Å². The molecule has 0 aromatic carbocycles. The van der Waals surface area contributed by atoms with E-state index in [0.717, 1.165) is 0 Å². The summed E-state index contributed by atoms with van der Waals surface area (Å²) in [6.07, 6.45) is -4.50. The standard InChI is InChI=1S/C15H30O7Si/c1-14(2,3)23(6,7)19-8-9-10(16)11(17)12-13(20-9)22-15(4,18-5)21-12/h9-13,16-17H,8H2,1-7H3/t9-,10-,11+,12+,13+,15?/m1/s1. The average Bonchev–Trinajstić information content (AvgIpc) is 2.78. The number of ether oxygens (including phenoxy) is 4. The quantitative estimate of drug-likeness (QED) is 0.737. The van der Waals surface area contributed by atoms with Crippen molar-refractivity contribution in [1.82, 2.24) is 0 Å². The molecule has 2 aliphatic rings. The number of methoxy groups -OCH3 is 1. The van der Waals surface area contributed by atoms with Gasteiger partial charge in [-0.3, -0.25) is 4.74 Å². The smallest absolute Gasteiger partial charge is 0.282 e. The summed E-state index contributed by atoms with van der Waals surface area (Å²) in [5, 5.41) is 20.7. The lowest BCUT2D eigenvalue weighted by molar-refractivity contribution is -0.334. The van der Waals surface area contributed by atoms with Crippen molar-refractivity contribution in [3.05, 3.63) is 0 Å². The Kier molecular flexibility index (Phi) is 5.31. The molecule has 7 nitrogen and oxygen atoms in total. The summed E-state index contributed by atoms with van der Waals surface area (Å²) in [6.45, 7) is 12.5. The van der Waals surface area contributed by atoms with Crippen LogP contribution in [0.25, 0.3) is 0 Å². The fraction of sp³-hybridized carbons (Fsp3) is 1.00. The van der Waals surface area contributed by atoms with E-state index in [2.05, 4.69) is 33.9 Å². The van der Waals surface area contributed by atoms with Crippen molar-refractivity contribution in [3.63, 3.8) is 0 Å². The molecule has 2 saturated heterocycles. The number of hydrogen-bond donors (Lipinski definition) is 2. The zero-order valence-electron chi connectivity index (χ0n) is 15.0. The van der Waals surface area contributed by atoms with Crippen molar-refractivity contribution in [2.75, 3.05) is 13.7 Å². The summed E-state index contributed by atoms with van der Waals surface area (Å²) in [6, 6.07) is 0. The number of fused-ring (bicyclic) bond motifs is 1. The molecule has 2 aliphatic heterocycles. The first kappa shape index (κ1) is 19.3. The van der Waals surface area contributed by atoms with Crippen LogP contribution in [0.4, 0.5) is 0 Å². The molecule has 0 aliphatic carbocycles. The lowest BCUT2D eigenvalue weighted by atomic mass is 9.99. The largest absolute Gasteiger partial charge is 0.414 e. The molecule has 2 N–H and O–H groups in total. The zero-order chi connectivity index (χ0) is 17.6. The van der Waals surface area contributed by atoms with Crippen LogP contribution in [0.1, 0.15) is 27.7 Å². The first-order chi connectivity index (χ1) is 10.4. The minimum atomic E-state index is -1.98. The van der Waals surface area contributed by atoms with Gasteiger partial charge in [0, 0.05) is 14.0 Å². The molecule has 0 radical (unpaired) electrons. The second-order valence-corrected chi connectivity index (χ2v) is 12.7. The number of aliphatic hydroxyl groups is 2. The third-order valence-corrected chi connectivity index (χ3v) is 9.61. The van der Waals surface area contributed by atoms with Gasteiger partial charge in [-0.05, 0) is 18.1 Å². The fourth-order valence-electron chi connectivity index (χ4n) is 2.35. The third kappa shape index (κ3) is 3.79. The minimum Gasteiger partial charge on any atom is -0.414 e. The molecule has 2 heterocycles. The number of aliphatic hydroxyl groups excluding tert-OH is 2. The summed E-state index contributed by atoms with van der Waals surface area (Å²) in [5.41, 5.74) is 0. The van der Waals surface area contributed by atoms with Crippen LogP contribution < -0.4 is 0 Å². The minimum absolute atomic E-state index is 0.0510. The Bertz CT molecular complexity index is 425. The molecule has 0 amide bonds. The molecule has 2 fully saturated rings. The van der Waals surface area contributed by atoms with Gasteiger partial charge in [-0.15, -0.1) is 0 Å². The van der Waals surface area contributed by atoms with E-state index in [1.165, 1.54) is 7.11 Å². The molecule has 0 spiro atoms. The van der Waals surface area contributed by atoms with Gasteiger partial charge in [0.1, 0.15) is 24.4 Å². The van der Waals surface area contributed by atoms with Crippen molar-refractivity contribution in [1.29, 1.82) is 0 Å². The molecule has 8 heteroatoms. The topological polar surface area (TPSA) is 86.6 Å². The summed E-state index contributed by atoms with van der Waals surface area (Å²) in [4.78, 5) is 0. The van der Waals surface area contributed by atoms with Crippen LogP contribution in [-0.2, 0) is 23.4 Å². The molecule has 6 atom stereocenters. The highest BCUT2D eigenvalue weighted by molar-refractivity contribution is 6.74. The van der Waals surface area contributed by atoms with Crippen LogP contribution in [-0.4, -0.2) is 68.9 Å². The Morgan fingerprint density at radius 1 is 1.13 bits per heavy atom. The maximum Gasteiger partial charge on any atom is 0.282 e. The van der Waals surface area contributed by atoms with Crippen LogP contribution in [0.2, 0.25) is 18.1 Å². The molecule has 0 saturated carbocycles. The Balaban J connectivity index is 2.02. The van der Waals surface area contributed by atoms with Gasteiger partial charge in [-0.25, -0.2) is 0 Å². The van der Waals surface area contributed by atoms with E-state index in [0.29, 0.717) is 0 Å². The number of rotatable bonds is 4. The monoisotopic (exact) mass is 350 g/mol. The Morgan fingerprint density at radius 3 is 2.26 bits per heavy atom. The van der Waals surface area contributed by atoms with Gasteiger partial charge in [-0.2, -0.15) is 0 Å². The van der Waals surface area contributed by atoms with E-state index in [-0.39, 0.29) is 11.6 Å². The molecule has 136 valence electrons. The average molecular weight is 350 g/mol. The van der Waals surface area contributed by atoms with Crippen molar-refractivity contribution in [2.24, 2.45) is 0 Å². The molecule has 0 aromatic heterocycles. The fourth-order valence-corrected chi connectivity index (χ4v) is 3.37. The van der Waals surface area contributed by atoms with Gasteiger partial charge in [0.05, 0.1) is 6.61 Å². The second kappa shape index (κ2) is 6.34. The van der Waals surface area contributed by atoms with Crippen molar-refractivity contribution < 1.29 is 33.6 Å². The van der Waals surface area contributed by atoms with Crippen molar-refractivity contribution in [3.8, 4) is 0 Å². The van der Waals surface area contributed by atoms with Crippen LogP contribution in [0.15, 0.2) is 0 Å². The van der Waals surface area contributed by atoms with Gasteiger partial charge in [0.15, 0.2) is 14.6 Å². The lowest BCUT2D eigenvalue weighted by Crippen LogP contribution is -2.58. The van der Waals surface area contributed by atoms with Crippen molar-refractivity contribution in [2.45, 2.75) is 82.5 Å². The Morgan fingerprint density at radius 2 is 1.74 bits per heavy atom. The summed E-state index contributed by atoms with van der Waals surface area (Å²) in [7, 11) is -0.536. The lowest BCUT2D eigenvalue weighted by Gasteiger charge is -2.41. The van der Waals surface area contributed by atoms with Gasteiger partial charge >= 0.3 is 0 Å². The highest BCUT2D eigenvalue weighted by Crippen LogP contribution is 2.39. The van der Waals surface area contributed by atoms with E-state index in [1.807, 2.05) is 0 Å². The zero-order valence-corrected chi connectivity index (χ0v) is 16.0.